The predicted molar refractivity (Wildman–Crippen MR) is 310 cm³/mol. The van der Waals surface area contributed by atoms with E-state index >= 15 is 0 Å². The SMILES string of the molecule is CC(C)(C)[Si](C)(C)Oc1ccc(NC(=O)N2CCN(c3cnn(-c4ccccc4)c3)CC2)nc1.CC(C)(C)[Si](C)(C)Oc1ccc(NC(=O)Oc2ccc(F)cc2)nc1.CN1CCNCC1.c1ccc(-n2cccn2)cc1. The molecule has 6 heterocycles. The highest BCUT2D eigenvalue weighted by molar-refractivity contribution is 6.75. The first-order chi connectivity index (χ1) is 36.5. The fourth-order valence-electron chi connectivity index (χ4n) is 7.00. The van der Waals surface area contributed by atoms with E-state index in [0.29, 0.717) is 30.5 Å². The number of hydrogen-bond donors (Lipinski definition) is 3. The molecular formula is C57H77FN12O5Si2. The molecule has 0 unspecified atom stereocenters. The Kier molecular flexibility index (Phi) is 20.7. The van der Waals surface area contributed by atoms with Crippen LogP contribution in [0.3, 0.4) is 0 Å². The fourth-order valence-corrected chi connectivity index (χ4v) is 9.03. The summed E-state index contributed by atoms with van der Waals surface area (Å²) in [5.41, 5.74) is 3.18. The number of nitrogens with one attached hydrogen (secondary N) is 3. The molecule has 0 saturated carbocycles. The Labute approximate surface area is 456 Å². The van der Waals surface area contributed by atoms with E-state index in [4.69, 9.17) is 13.6 Å². The van der Waals surface area contributed by atoms with Gasteiger partial charge < -0.3 is 33.6 Å². The number of carbonyl (C=O) groups excluding carboxylic acids is 2. The third-order valence-electron chi connectivity index (χ3n) is 13.7. The molecule has 2 aliphatic heterocycles. The molecule has 77 heavy (non-hydrogen) atoms. The maximum atomic E-state index is 12.8. The third kappa shape index (κ3) is 18.4. The Balaban J connectivity index is 0.000000192. The number of aromatic nitrogens is 6. The maximum absolute atomic E-state index is 12.8. The van der Waals surface area contributed by atoms with Gasteiger partial charge in [-0.25, -0.2) is 33.3 Å². The van der Waals surface area contributed by atoms with Gasteiger partial charge >= 0.3 is 12.1 Å². The van der Waals surface area contributed by atoms with Crippen LogP contribution in [0.1, 0.15) is 41.5 Å². The minimum Gasteiger partial charge on any atom is -0.542 e. The fraction of sp³-hybridized carbons (Fsp3) is 0.368. The van der Waals surface area contributed by atoms with Crippen LogP contribution in [0.2, 0.25) is 36.3 Å². The van der Waals surface area contributed by atoms with E-state index in [-0.39, 0.29) is 21.9 Å². The van der Waals surface area contributed by atoms with Crippen molar-refractivity contribution in [2.75, 3.05) is 74.9 Å². The van der Waals surface area contributed by atoms with Gasteiger partial charge in [0.05, 0.1) is 41.8 Å². The Morgan fingerprint density at radius 3 is 1.55 bits per heavy atom. The molecule has 2 saturated heterocycles. The van der Waals surface area contributed by atoms with Gasteiger partial charge in [-0.2, -0.15) is 10.2 Å². The molecule has 410 valence electrons. The largest absolute Gasteiger partial charge is 0.542 e. The molecule has 4 aromatic heterocycles. The Bertz CT molecular complexity index is 2850. The first-order valence-electron chi connectivity index (χ1n) is 25.9. The molecule has 20 heteroatoms. The summed E-state index contributed by atoms with van der Waals surface area (Å²) in [6.07, 6.45) is 10.2. The number of nitrogens with zero attached hydrogens (tertiary/aromatic N) is 9. The lowest BCUT2D eigenvalue weighted by molar-refractivity contribution is 0.208. The van der Waals surface area contributed by atoms with Crippen LogP contribution in [-0.2, 0) is 0 Å². The van der Waals surface area contributed by atoms with Crippen molar-refractivity contribution in [1.29, 1.82) is 0 Å². The standard InChI is InChI=1S/C25H34N6O2Si.C18H23FN2O3Si.C9H8N2.C5H12N2/c1-25(2,3)34(4,5)33-22-11-12-23(26-18-22)28-24(32)30-15-13-29(14-16-30)21-17-27-31(19-21)20-9-7-6-8-10-20;1-18(2,3)25(4,5)24-15-10-11-16(20-12-15)21-17(22)23-14-8-6-13(19)7-9-14;1-2-5-9(6-3-1)11-8-4-7-10-11;1-7-4-2-6-3-5-7/h6-12,17-19H,13-16H2,1-5H3,(H,26,28,32);6-12H,1-5H3,(H,20,21,22);1-8H;6H,2-5H2,1H3. The summed E-state index contributed by atoms with van der Waals surface area (Å²) >= 11 is 0. The van der Waals surface area contributed by atoms with Gasteiger partial charge in [0.15, 0.2) is 0 Å². The lowest BCUT2D eigenvalue weighted by atomic mass is 10.2. The first kappa shape index (κ1) is 58.9. The normalized spacial score (nSPS) is 14.0. The minimum absolute atomic E-state index is 0.0862. The molecule has 3 N–H and O–H groups in total. The van der Waals surface area contributed by atoms with Crippen molar-refractivity contribution >= 4 is 46.1 Å². The van der Waals surface area contributed by atoms with Crippen LogP contribution in [0, 0.1) is 5.82 Å². The summed E-state index contributed by atoms with van der Waals surface area (Å²) in [5, 5.41) is 17.5. The number of anilines is 3. The maximum Gasteiger partial charge on any atom is 0.418 e. The number of amides is 3. The number of rotatable bonds is 10. The second kappa shape index (κ2) is 27.1. The van der Waals surface area contributed by atoms with Crippen LogP contribution in [-0.4, -0.2) is 127 Å². The van der Waals surface area contributed by atoms with E-state index in [2.05, 4.69) is 121 Å². The number of carbonyl (C=O) groups is 2. The average Bonchev–Trinajstić information content (AvgIpc) is 4.14. The number of para-hydroxylation sites is 2. The number of benzene rings is 3. The van der Waals surface area contributed by atoms with Gasteiger partial charge in [-0.3, -0.25) is 10.6 Å². The zero-order valence-electron chi connectivity index (χ0n) is 46.5. The van der Waals surface area contributed by atoms with Crippen molar-refractivity contribution < 1.29 is 27.6 Å². The van der Waals surface area contributed by atoms with Crippen LogP contribution in [0.15, 0.2) is 152 Å². The van der Waals surface area contributed by atoms with Gasteiger partial charge in [-0.05, 0) is 122 Å². The highest BCUT2D eigenvalue weighted by Crippen LogP contribution is 2.38. The number of urea groups is 1. The van der Waals surface area contributed by atoms with Crippen LogP contribution in [0.4, 0.5) is 31.3 Å². The number of piperazine rings is 2. The van der Waals surface area contributed by atoms with Gasteiger partial charge in [0.25, 0.3) is 16.6 Å². The van der Waals surface area contributed by atoms with Crippen molar-refractivity contribution in [3.05, 3.63) is 158 Å². The number of likely N-dealkylation sites (N-methyl/N-ethyl adjacent to an activating group) is 1. The average molecular weight is 1090 g/mol. The molecule has 2 fully saturated rings. The molecule has 0 spiro atoms. The smallest absolute Gasteiger partial charge is 0.418 e. The van der Waals surface area contributed by atoms with E-state index < -0.39 is 28.5 Å². The quantitative estimate of drug-likeness (QED) is 0.111. The van der Waals surface area contributed by atoms with Crippen molar-refractivity contribution in [3.8, 4) is 28.6 Å². The molecule has 3 aromatic carbocycles. The van der Waals surface area contributed by atoms with Gasteiger partial charge in [-0.15, -0.1) is 0 Å². The van der Waals surface area contributed by atoms with Crippen molar-refractivity contribution in [3.63, 3.8) is 0 Å². The van der Waals surface area contributed by atoms with Crippen molar-refractivity contribution in [2.24, 2.45) is 0 Å². The summed E-state index contributed by atoms with van der Waals surface area (Å²) in [4.78, 5) is 39.5. The van der Waals surface area contributed by atoms with Crippen LogP contribution in [0.25, 0.3) is 11.4 Å². The van der Waals surface area contributed by atoms with E-state index in [1.54, 1.807) is 36.8 Å². The molecule has 3 amide bonds. The monoisotopic (exact) mass is 1080 g/mol. The van der Waals surface area contributed by atoms with E-state index in [9.17, 15) is 14.0 Å². The van der Waals surface area contributed by atoms with Crippen molar-refractivity contribution in [2.45, 2.75) is 77.8 Å². The topological polar surface area (TPSA) is 169 Å². The molecule has 9 rings (SSSR count). The minimum atomic E-state index is -1.93. The van der Waals surface area contributed by atoms with Crippen LogP contribution in [0.5, 0.6) is 17.2 Å². The number of ether oxygens (including phenoxy) is 1. The van der Waals surface area contributed by atoms with E-state index in [1.165, 1.54) is 37.4 Å². The first-order valence-corrected chi connectivity index (χ1v) is 31.8. The number of pyridine rings is 2. The molecular weight excluding hydrogens is 1010 g/mol. The summed E-state index contributed by atoms with van der Waals surface area (Å²) in [6.45, 7) is 29.3. The zero-order chi connectivity index (χ0) is 55.6. The molecule has 17 nitrogen and oxygen atoms in total. The Morgan fingerprint density at radius 2 is 1.09 bits per heavy atom. The third-order valence-corrected chi connectivity index (χ3v) is 22.4. The van der Waals surface area contributed by atoms with Gasteiger partial charge in [0.1, 0.15) is 34.7 Å². The summed E-state index contributed by atoms with van der Waals surface area (Å²) in [7, 11) is -1.70. The van der Waals surface area contributed by atoms with Gasteiger partial charge in [0, 0.05) is 64.8 Å². The lowest BCUT2D eigenvalue weighted by Gasteiger charge is -2.36. The molecule has 0 radical (unpaired) electrons. The summed E-state index contributed by atoms with van der Waals surface area (Å²) < 4.78 is 34.0. The molecule has 0 bridgehead atoms. The Hall–Kier alpha value is -7.40. The number of halogens is 1. The van der Waals surface area contributed by atoms with E-state index in [0.717, 1.165) is 49.0 Å². The molecule has 2 aliphatic rings. The number of hydrogen-bond acceptors (Lipinski definition) is 12. The molecule has 0 atom stereocenters. The van der Waals surface area contributed by atoms with Crippen LogP contribution >= 0.6 is 0 Å². The summed E-state index contributed by atoms with van der Waals surface area (Å²) in [6, 6.07) is 34.1. The highest BCUT2D eigenvalue weighted by atomic mass is 28.4. The lowest BCUT2D eigenvalue weighted by Crippen LogP contribution is -2.50. The van der Waals surface area contributed by atoms with Crippen molar-refractivity contribution in [1.82, 2.24) is 44.6 Å². The zero-order valence-corrected chi connectivity index (χ0v) is 48.5. The predicted octanol–water partition coefficient (Wildman–Crippen LogP) is 11.6. The van der Waals surface area contributed by atoms with Gasteiger partial charge in [-0.1, -0.05) is 77.9 Å². The van der Waals surface area contributed by atoms with E-state index in [1.807, 2.05) is 106 Å². The Morgan fingerprint density at radius 1 is 0.584 bits per heavy atom. The van der Waals surface area contributed by atoms with Gasteiger partial charge in [0.2, 0.25) is 0 Å². The summed E-state index contributed by atoms with van der Waals surface area (Å²) in [5.74, 6) is 2.13. The second-order valence-corrected chi connectivity index (χ2v) is 31.1. The second-order valence-electron chi connectivity index (χ2n) is 21.7. The van der Waals surface area contributed by atoms with Crippen LogP contribution < -0.4 is 34.4 Å². The molecule has 7 aromatic rings. The highest BCUT2D eigenvalue weighted by Gasteiger charge is 2.40. The molecule has 0 aliphatic carbocycles.